The molecule has 2 aliphatic heterocycles. The summed E-state index contributed by atoms with van der Waals surface area (Å²) in [6.45, 7) is 10.4. The molecule has 0 aliphatic carbocycles. The Morgan fingerprint density at radius 3 is 2.76 bits per heavy atom. The minimum atomic E-state index is -0.341. The summed E-state index contributed by atoms with van der Waals surface area (Å²) >= 11 is 6.13. The van der Waals surface area contributed by atoms with Crippen molar-refractivity contribution in [1.29, 1.82) is 0 Å². The van der Waals surface area contributed by atoms with Gasteiger partial charge in [-0.05, 0) is 63.6 Å². The van der Waals surface area contributed by atoms with Crippen molar-refractivity contribution in [2.75, 3.05) is 31.1 Å². The maximum absolute atomic E-state index is 14.6. The molecule has 3 aromatic rings. The highest BCUT2D eigenvalue weighted by Crippen LogP contribution is 2.29. The van der Waals surface area contributed by atoms with Crippen molar-refractivity contribution in [3.05, 3.63) is 70.8 Å². The first kappa shape index (κ1) is 22.9. The van der Waals surface area contributed by atoms with Crippen LogP contribution in [0.5, 0.6) is 0 Å². The topological polar surface area (TPSA) is 44.6 Å². The van der Waals surface area contributed by atoms with Gasteiger partial charge < -0.3 is 4.90 Å². The molecule has 0 unspecified atom stereocenters. The van der Waals surface area contributed by atoms with Crippen molar-refractivity contribution in [2.45, 2.75) is 39.3 Å². The minimum absolute atomic E-state index is 0.341. The van der Waals surface area contributed by atoms with Gasteiger partial charge in [0.05, 0.1) is 40.9 Å². The van der Waals surface area contributed by atoms with Gasteiger partial charge in [0, 0.05) is 47.9 Å². The van der Waals surface area contributed by atoms with E-state index in [1.165, 1.54) is 6.07 Å². The lowest BCUT2D eigenvalue weighted by molar-refractivity contribution is 0.178. The first-order valence-corrected chi connectivity index (χ1v) is 12.3. The fraction of sp³-hybridized carbons (Fsp3) is 0.370. The molecular formula is C27H29ClFN5. The lowest BCUT2D eigenvalue weighted by Crippen LogP contribution is -2.42. The molecule has 2 aliphatic rings. The molecule has 0 spiro atoms. The fourth-order valence-electron chi connectivity index (χ4n) is 5.05. The number of allylic oxidation sites excluding steroid dienone is 1. The molecule has 5 rings (SSSR count). The highest BCUT2D eigenvalue weighted by Gasteiger charge is 2.24. The van der Waals surface area contributed by atoms with Crippen molar-refractivity contribution in [3.63, 3.8) is 0 Å². The molecule has 1 saturated heterocycles. The van der Waals surface area contributed by atoms with E-state index in [0.29, 0.717) is 34.9 Å². The zero-order chi connectivity index (χ0) is 23.8. The Labute approximate surface area is 205 Å². The number of hydrogen-bond donors (Lipinski definition) is 0. The smallest absolute Gasteiger partial charge is 0.132 e. The average Bonchev–Trinajstić information content (AvgIpc) is 3.22. The number of fused-ring (bicyclic) bond motifs is 1. The molecule has 0 radical (unpaired) electrons. The summed E-state index contributed by atoms with van der Waals surface area (Å²) in [5, 5.41) is 0.480. The van der Waals surface area contributed by atoms with Gasteiger partial charge in [0.15, 0.2) is 0 Å². The number of rotatable bonds is 4. The van der Waals surface area contributed by atoms with Crippen LogP contribution >= 0.6 is 11.6 Å². The van der Waals surface area contributed by atoms with Crippen LogP contribution in [0, 0.1) is 5.82 Å². The third-order valence-corrected chi connectivity index (χ3v) is 6.94. The molecule has 0 amide bonds. The second-order valence-electron chi connectivity index (χ2n) is 9.34. The molecule has 0 bridgehead atoms. The molecule has 7 heteroatoms. The van der Waals surface area contributed by atoms with E-state index < -0.39 is 0 Å². The van der Waals surface area contributed by atoms with Crippen LogP contribution in [-0.2, 0) is 0 Å². The van der Waals surface area contributed by atoms with Crippen LogP contribution < -0.4 is 4.90 Å². The molecule has 0 N–H and O–H groups in total. The van der Waals surface area contributed by atoms with Crippen LogP contribution in [0.15, 0.2) is 53.7 Å². The van der Waals surface area contributed by atoms with Gasteiger partial charge in [0.1, 0.15) is 5.82 Å². The summed E-state index contributed by atoms with van der Waals surface area (Å²) < 4.78 is 14.6. The first-order chi connectivity index (χ1) is 16.4. The number of halogens is 2. The quantitative estimate of drug-likeness (QED) is 0.489. The predicted molar refractivity (Wildman–Crippen MR) is 138 cm³/mol. The monoisotopic (exact) mass is 477 g/mol. The molecule has 34 heavy (non-hydrogen) atoms. The number of nitrogens with zero attached hydrogens (tertiary/aromatic N) is 5. The Balaban J connectivity index is 1.46. The average molecular weight is 478 g/mol. The molecule has 176 valence electrons. The van der Waals surface area contributed by atoms with Gasteiger partial charge in [-0.1, -0.05) is 17.7 Å². The summed E-state index contributed by atoms with van der Waals surface area (Å²) in [6, 6.07) is 11.6. The number of anilines is 1. The number of hydrogen-bond acceptors (Lipinski definition) is 5. The van der Waals surface area contributed by atoms with Crippen molar-refractivity contribution in [2.24, 2.45) is 4.99 Å². The van der Waals surface area contributed by atoms with Gasteiger partial charge in [-0.15, -0.1) is 0 Å². The van der Waals surface area contributed by atoms with E-state index in [2.05, 4.69) is 41.6 Å². The van der Waals surface area contributed by atoms with E-state index in [0.717, 1.165) is 54.0 Å². The van der Waals surface area contributed by atoms with E-state index in [1.807, 2.05) is 24.4 Å². The lowest BCUT2D eigenvalue weighted by atomic mass is 9.99. The van der Waals surface area contributed by atoms with E-state index in [9.17, 15) is 4.39 Å². The number of aromatic nitrogens is 2. The molecule has 1 aromatic carbocycles. The van der Waals surface area contributed by atoms with E-state index >= 15 is 0 Å². The van der Waals surface area contributed by atoms with Crippen molar-refractivity contribution >= 4 is 39.6 Å². The van der Waals surface area contributed by atoms with Gasteiger partial charge in [-0.25, -0.2) is 9.37 Å². The Morgan fingerprint density at radius 2 is 1.94 bits per heavy atom. The number of aliphatic imine (C=N–C) groups is 1. The van der Waals surface area contributed by atoms with Crippen LogP contribution in [0.3, 0.4) is 0 Å². The maximum atomic E-state index is 14.6. The second kappa shape index (κ2) is 9.43. The molecule has 1 fully saturated rings. The highest BCUT2D eigenvalue weighted by molar-refractivity contribution is 6.35. The fourth-order valence-corrected chi connectivity index (χ4v) is 5.22. The molecule has 5 nitrogen and oxygen atoms in total. The Morgan fingerprint density at radius 1 is 1.09 bits per heavy atom. The summed E-state index contributed by atoms with van der Waals surface area (Å²) in [7, 11) is 0. The third-order valence-electron chi connectivity index (χ3n) is 6.71. The second-order valence-corrected chi connectivity index (χ2v) is 9.78. The van der Waals surface area contributed by atoms with Crippen molar-refractivity contribution in [3.8, 4) is 0 Å². The summed E-state index contributed by atoms with van der Waals surface area (Å²) in [6.07, 6.45) is 5.05. The van der Waals surface area contributed by atoms with E-state index in [-0.39, 0.29) is 5.82 Å². The number of benzene rings is 1. The van der Waals surface area contributed by atoms with Gasteiger partial charge in [-0.2, -0.15) is 0 Å². The largest absolute Gasteiger partial charge is 0.369 e. The van der Waals surface area contributed by atoms with Crippen molar-refractivity contribution < 1.29 is 4.39 Å². The van der Waals surface area contributed by atoms with Crippen LogP contribution in [0.2, 0.25) is 5.02 Å². The van der Waals surface area contributed by atoms with Crippen LogP contribution in [-0.4, -0.2) is 58.8 Å². The summed E-state index contributed by atoms with van der Waals surface area (Å²) in [5.41, 5.74) is 5.33. The van der Waals surface area contributed by atoms with Crippen molar-refractivity contribution in [1.82, 2.24) is 14.9 Å². The Kier molecular flexibility index (Phi) is 6.36. The minimum Gasteiger partial charge on any atom is -0.369 e. The SMILES string of the molecule is CC(C)N1CCCN(c2cnc3ccc(C4=CCN=C4c4cc(Cl)ccc4F)nc3c2)C[C@@H]1C. The van der Waals surface area contributed by atoms with Gasteiger partial charge in [-0.3, -0.25) is 14.9 Å². The lowest BCUT2D eigenvalue weighted by Gasteiger charge is -2.32. The molecule has 4 heterocycles. The molecule has 1 atom stereocenters. The normalized spacial score (nSPS) is 19.5. The zero-order valence-corrected chi connectivity index (χ0v) is 20.6. The summed E-state index contributed by atoms with van der Waals surface area (Å²) in [5.74, 6) is -0.341. The van der Waals surface area contributed by atoms with Crippen LogP contribution in [0.4, 0.5) is 10.1 Å². The standard InChI is InChI=1S/C27H29ClFN5/c1-17(2)34-12-4-11-33(16-18(34)3)20-14-26-25(31-15-20)8-7-24(32-26)21-9-10-30-27(21)22-13-19(28)5-6-23(22)29/h5-9,13-15,17-18H,4,10-12,16H2,1-3H3/t18-/m0/s1. The third kappa shape index (κ3) is 4.44. The molecular weight excluding hydrogens is 449 g/mol. The van der Waals surface area contributed by atoms with Gasteiger partial charge in [0.2, 0.25) is 0 Å². The summed E-state index contributed by atoms with van der Waals surface area (Å²) in [4.78, 5) is 19.1. The molecule has 0 saturated carbocycles. The van der Waals surface area contributed by atoms with Crippen LogP contribution in [0.1, 0.15) is 38.4 Å². The highest BCUT2D eigenvalue weighted by atomic mass is 35.5. The van der Waals surface area contributed by atoms with Gasteiger partial charge >= 0.3 is 0 Å². The zero-order valence-electron chi connectivity index (χ0n) is 19.8. The maximum Gasteiger partial charge on any atom is 0.132 e. The molecule has 2 aromatic heterocycles. The first-order valence-electron chi connectivity index (χ1n) is 11.9. The van der Waals surface area contributed by atoms with E-state index in [4.69, 9.17) is 21.6 Å². The van der Waals surface area contributed by atoms with Gasteiger partial charge in [0.25, 0.3) is 0 Å². The Hall–Kier alpha value is -2.83. The van der Waals surface area contributed by atoms with E-state index in [1.54, 1.807) is 12.1 Å². The Bertz CT molecular complexity index is 1290. The predicted octanol–water partition coefficient (Wildman–Crippen LogP) is 5.62. The number of pyridine rings is 2. The van der Waals surface area contributed by atoms with Crippen LogP contribution in [0.25, 0.3) is 16.6 Å².